The molecular formula is C13H18BrNO3. The molecule has 1 aromatic rings. The van der Waals surface area contributed by atoms with Gasteiger partial charge in [0.25, 0.3) is 5.91 Å². The molecule has 0 bridgehead atoms. The number of aryl methyl sites for hydroxylation is 1. The highest BCUT2D eigenvalue weighted by Crippen LogP contribution is 2.16. The summed E-state index contributed by atoms with van der Waals surface area (Å²) in [6.07, 6.45) is 0.788. The van der Waals surface area contributed by atoms with E-state index in [1.165, 1.54) is 6.07 Å². The third-order valence-corrected chi connectivity index (χ3v) is 2.76. The van der Waals surface area contributed by atoms with E-state index < -0.39 is 0 Å². The number of rotatable bonds is 7. The van der Waals surface area contributed by atoms with Gasteiger partial charge < -0.3 is 15.2 Å². The van der Waals surface area contributed by atoms with Crippen LogP contribution in [-0.4, -0.2) is 36.1 Å². The van der Waals surface area contributed by atoms with Crippen molar-refractivity contribution in [2.24, 2.45) is 0 Å². The molecule has 0 unspecified atom stereocenters. The van der Waals surface area contributed by atoms with Crippen LogP contribution in [0.4, 0.5) is 0 Å². The summed E-state index contributed by atoms with van der Waals surface area (Å²) in [4.78, 5) is 11.8. The van der Waals surface area contributed by atoms with Crippen LogP contribution in [0.3, 0.4) is 0 Å². The number of phenols is 1. The van der Waals surface area contributed by atoms with Gasteiger partial charge in [0.05, 0.1) is 6.61 Å². The third-order valence-electron chi connectivity index (χ3n) is 2.43. The number of nitrogens with one attached hydrogen (secondary N) is 1. The van der Waals surface area contributed by atoms with Crippen molar-refractivity contribution < 1.29 is 14.6 Å². The van der Waals surface area contributed by atoms with E-state index in [-0.39, 0.29) is 11.7 Å². The number of carbonyl (C=O) groups excluding carboxylic acids is 1. The molecule has 0 radical (unpaired) electrons. The van der Waals surface area contributed by atoms with E-state index in [1.54, 1.807) is 19.1 Å². The van der Waals surface area contributed by atoms with Gasteiger partial charge in [-0.1, -0.05) is 15.9 Å². The molecule has 0 spiro atoms. The number of benzene rings is 1. The van der Waals surface area contributed by atoms with Crippen molar-refractivity contribution in [1.29, 1.82) is 0 Å². The number of ether oxygens (including phenoxy) is 1. The maximum Gasteiger partial charge on any atom is 0.251 e. The molecule has 0 aliphatic heterocycles. The Kier molecular flexibility index (Phi) is 6.75. The molecule has 1 amide bonds. The summed E-state index contributed by atoms with van der Waals surface area (Å²) in [6, 6.07) is 4.81. The van der Waals surface area contributed by atoms with Gasteiger partial charge in [0.1, 0.15) is 5.75 Å². The standard InChI is InChI=1S/C13H18BrNO3/c1-10-9-11(3-4-12(10)16)13(17)15-6-2-7-18-8-5-14/h3-4,9,16H,2,5-8H2,1H3,(H,15,17). The van der Waals surface area contributed by atoms with Crippen LogP contribution < -0.4 is 5.32 Å². The van der Waals surface area contributed by atoms with E-state index in [9.17, 15) is 9.90 Å². The molecule has 0 saturated carbocycles. The van der Waals surface area contributed by atoms with Crippen molar-refractivity contribution in [3.05, 3.63) is 29.3 Å². The Hall–Kier alpha value is -1.07. The normalized spacial score (nSPS) is 10.3. The van der Waals surface area contributed by atoms with Crippen LogP contribution in [0, 0.1) is 6.92 Å². The van der Waals surface area contributed by atoms with Crippen molar-refractivity contribution in [3.8, 4) is 5.75 Å². The quantitative estimate of drug-likeness (QED) is 0.599. The van der Waals surface area contributed by atoms with E-state index in [0.717, 1.165) is 11.8 Å². The van der Waals surface area contributed by atoms with Crippen LogP contribution in [0.15, 0.2) is 18.2 Å². The van der Waals surface area contributed by atoms with Crippen LogP contribution in [0.2, 0.25) is 0 Å². The molecular weight excluding hydrogens is 298 g/mol. The highest BCUT2D eigenvalue weighted by Gasteiger charge is 2.06. The van der Waals surface area contributed by atoms with Crippen molar-refractivity contribution in [3.63, 3.8) is 0 Å². The van der Waals surface area contributed by atoms with E-state index >= 15 is 0 Å². The van der Waals surface area contributed by atoms with Crippen LogP contribution >= 0.6 is 15.9 Å². The Morgan fingerprint density at radius 2 is 2.22 bits per heavy atom. The Morgan fingerprint density at radius 3 is 2.89 bits per heavy atom. The van der Waals surface area contributed by atoms with Gasteiger partial charge >= 0.3 is 0 Å². The first kappa shape index (κ1) is 15.0. The third kappa shape index (κ3) is 5.06. The molecule has 0 saturated heterocycles. The summed E-state index contributed by atoms with van der Waals surface area (Å²) in [5.41, 5.74) is 1.26. The minimum atomic E-state index is -0.126. The van der Waals surface area contributed by atoms with E-state index in [0.29, 0.717) is 30.9 Å². The first-order valence-electron chi connectivity index (χ1n) is 5.86. The minimum Gasteiger partial charge on any atom is -0.508 e. The molecule has 0 aliphatic carbocycles. The first-order valence-corrected chi connectivity index (χ1v) is 6.99. The molecule has 0 atom stereocenters. The number of carbonyl (C=O) groups is 1. The summed E-state index contributed by atoms with van der Waals surface area (Å²) in [7, 11) is 0. The lowest BCUT2D eigenvalue weighted by atomic mass is 10.1. The monoisotopic (exact) mass is 315 g/mol. The van der Waals surface area contributed by atoms with Crippen molar-refractivity contribution in [2.75, 3.05) is 25.1 Å². The maximum atomic E-state index is 11.8. The van der Waals surface area contributed by atoms with Gasteiger partial charge in [-0.3, -0.25) is 4.79 Å². The van der Waals surface area contributed by atoms with E-state index in [1.807, 2.05) is 0 Å². The minimum absolute atomic E-state index is 0.126. The predicted octanol–water partition coefficient (Wildman–Crippen LogP) is 2.23. The lowest BCUT2D eigenvalue weighted by Crippen LogP contribution is -2.25. The summed E-state index contributed by atoms with van der Waals surface area (Å²) in [5, 5.41) is 13.0. The van der Waals surface area contributed by atoms with Crippen molar-refractivity contribution >= 4 is 21.8 Å². The Morgan fingerprint density at radius 1 is 1.44 bits per heavy atom. The Labute approximate surface area is 115 Å². The molecule has 5 heteroatoms. The zero-order valence-corrected chi connectivity index (χ0v) is 12.0. The predicted molar refractivity (Wildman–Crippen MR) is 74.4 cm³/mol. The van der Waals surface area contributed by atoms with Gasteiger partial charge in [-0.05, 0) is 37.1 Å². The molecule has 1 aromatic carbocycles. The molecule has 0 heterocycles. The van der Waals surface area contributed by atoms with Crippen LogP contribution in [-0.2, 0) is 4.74 Å². The average Bonchev–Trinajstić information content (AvgIpc) is 2.36. The zero-order chi connectivity index (χ0) is 13.4. The van der Waals surface area contributed by atoms with Crippen molar-refractivity contribution in [1.82, 2.24) is 5.32 Å². The van der Waals surface area contributed by atoms with E-state index in [4.69, 9.17) is 4.74 Å². The second-order valence-corrected chi connectivity index (χ2v) is 4.71. The maximum absolute atomic E-state index is 11.8. The Bertz CT molecular complexity index is 396. The summed E-state index contributed by atoms with van der Waals surface area (Å²) < 4.78 is 5.27. The fourth-order valence-corrected chi connectivity index (χ4v) is 1.66. The largest absolute Gasteiger partial charge is 0.508 e. The van der Waals surface area contributed by atoms with Gasteiger partial charge in [0.15, 0.2) is 0 Å². The highest BCUT2D eigenvalue weighted by molar-refractivity contribution is 9.09. The molecule has 2 N–H and O–H groups in total. The highest BCUT2D eigenvalue weighted by atomic mass is 79.9. The number of hydrogen-bond acceptors (Lipinski definition) is 3. The molecule has 1 rings (SSSR count). The number of amides is 1. The average molecular weight is 316 g/mol. The van der Waals surface area contributed by atoms with Gasteiger partial charge in [-0.2, -0.15) is 0 Å². The molecule has 0 aromatic heterocycles. The SMILES string of the molecule is Cc1cc(C(=O)NCCCOCCBr)ccc1O. The molecule has 0 aliphatic rings. The Balaban J connectivity index is 2.30. The molecule has 4 nitrogen and oxygen atoms in total. The van der Waals surface area contributed by atoms with Crippen molar-refractivity contribution in [2.45, 2.75) is 13.3 Å². The molecule has 100 valence electrons. The summed E-state index contributed by atoms with van der Waals surface area (Å²) >= 11 is 3.27. The van der Waals surface area contributed by atoms with Gasteiger partial charge in [0, 0.05) is 24.0 Å². The topological polar surface area (TPSA) is 58.6 Å². The summed E-state index contributed by atoms with van der Waals surface area (Å²) in [5.74, 6) is 0.0771. The lowest BCUT2D eigenvalue weighted by molar-refractivity contribution is 0.0944. The first-order chi connectivity index (χ1) is 8.65. The van der Waals surface area contributed by atoms with Crippen LogP contribution in [0.5, 0.6) is 5.75 Å². The fraction of sp³-hybridized carbons (Fsp3) is 0.462. The second kappa shape index (κ2) is 8.11. The summed E-state index contributed by atoms with van der Waals surface area (Å²) in [6.45, 7) is 3.67. The number of halogens is 1. The number of alkyl halides is 1. The van der Waals surface area contributed by atoms with Crippen LogP contribution in [0.25, 0.3) is 0 Å². The van der Waals surface area contributed by atoms with E-state index in [2.05, 4.69) is 21.2 Å². The van der Waals surface area contributed by atoms with Gasteiger partial charge in [0.2, 0.25) is 0 Å². The number of aromatic hydroxyl groups is 1. The number of phenolic OH excluding ortho intramolecular Hbond substituents is 1. The number of hydrogen-bond donors (Lipinski definition) is 2. The second-order valence-electron chi connectivity index (χ2n) is 3.91. The van der Waals surface area contributed by atoms with Gasteiger partial charge in [-0.25, -0.2) is 0 Å². The zero-order valence-electron chi connectivity index (χ0n) is 10.4. The lowest BCUT2D eigenvalue weighted by Gasteiger charge is -2.07. The fourth-order valence-electron chi connectivity index (χ4n) is 1.43. The smallest absolute Gasteiger partial charge is 0.251 e. The van der Waals surface area contributed by atoms with Gasteiger partial charge in [-0.15, -0.1) is 0 Å². The van der Waals surface area contributed by atoms with Crippen LogP contribution in [0.1, 0.15) is 22.3 Å². The molecule has 18 heavy (non-hydrogen) atoms. The molecule has 0 fully saturated rings.